The summed E-state index contributed by atoms with van der Waals surface area (Å²) in [6.07, 6.45) is 1.92. The van der Waals surface area contributed by atoms with Gasteiger partial charge in [0.15, 0.2) is 0 Å². The van der Waals surface area contributed by atoms with Gasteiger partial charge in [0.05, 0.1) is 12.2 Å². The van der Waals surface area contributed by atoms with E-state index in [4.69, 9.17) is 11.6 Å². The van der Waals surface area contributed by atoms with Gasteiger partial charge < -0.3 is 5.32 Å². The number of rotatable bonds is 7. The number of amides is 1. The third-order valence-corrected chi connectivity index (χ3v) is 5.31. The van der Waals surface area contributed by atoms with Crippen LogP contribution in [-0.4, -0.2) is 31.8 Å². The van der Waals surface area contributed by atoms with Gasteiger partial charge in [-0.05, 0) is 48.6 Å². The van der Waals surface area contributed by atoms with Crippen molar-refractivity contribution in [2.45, 2.75) is 18.4 Å². The normalized spacial score (nSPS) is 12.2. The lowest BCUT2D eigenvalue weighted by Gasteiger charge is -2.19. The van der Waals surface area contributed by atoms with Crippen LogP contribution in [0.4, 0.5) is 5.69 Å². The zero-order valence-electron chi connectivity index (χ0n) is 13.9. The highest BCUT2D eigenvalue weighted by Gasteiger charge is 2.18. The molecule has 1 unspecified atom stereocenters. The first-order valence-electron chi connectivity index (χ1n) is 7.44. The molecule has 0 radical (unpaired) electrons. The molecular formula is C17H19ClN2O3S2. The van der Waals surface area contributed by atoms with Gasteiger partial charge in [-0.25, -0.2) is 4.21 Å². The van der Waals surface area contributed by atoms with Crippen LogP contribution >= 0.6 is 23.4 Å². The van der Waals surface area contributed by atoms with Crippen LogP contribution in [-0.2, 0) is 22.6 Å². The Balaban J connectivity index is 2.09. The van der Waals surface area contributed by atoms with Gasteiger partial charge in [0, 0.05) is 16.5 Å². The second kappa shape index (κ2) is 9.35. The van der Waals surface area contributed by atoms with Gasteiger partial charge in [-0.1, -0.05) is 29.8 Å². The molecule has 0 aliphatic rings. The van der Waals surface area contributed by atoms with Gasteiger partial charge in [0.2, 0.25) is 17.2 Å². The minimum Gasteiger partial charge on any atom is -0.324 e. The first-order chi connectivity index (χ1) is 11.9. The van der Waals surface area contributed by atoms with E-state index in [1.165, 1.54) is 16.1 Å². The molecule has 0 saturated carbocycles. The highest BCUT2D eigenvalue weighted by atomic mass is 35.5. The second-order valence-electron chi connectivity index (χ2n) is 5.35. The zero-order valence-corrected chi connectivity index (χ0v) is 16.2. The summed E-state index contributed by atoms with van der Waals surface area (Å²) in [5, 5.41) is 3.33. The van der Waals surface area contributed by atoms with Crippen molar-refractivity contribution in [2.75, 3.05) is 18.1 Å². The van der Waals surface area contributed by atoms with Crippen LogP contribution in [0.15, 0.2) is 47.4 Å². The summed E-state index contributed by atoms with van der Waals surface area (Å²) >= 11 is 5.22. The van der Waals surface area contributed by atoms with Crippen molar-refractivity contribution in [3.8, 4) is 0 Å². The topological polar surface area (TPSA) is 69.6 Å². The van der Waals surface area contributed by atoms with Crippen molar-refractivity contribution in [1.29, 1.82) is 0 Å². The molecule has 8 heteroatoms. The van der Waals surface area contributed by atoms with Gasteiger partial charge in [0.25, 0.3) is 0 Å². The molecule has 2 N–H and O–H groups in total. The summed E-state index contributed by atoms with van der Waals surface area (Å²) < 4.78 is 22.3. The Hall–Kier alpha value is -1.38. The monoisotopic (exact) mass is 398 g/mol. The maximum Gasteiger partial charge on any atom is 0.239 e. The minimum atomic E-state index is -2.28. The molecule has 2 rings (SSSR count). The Morgan fingerprint density at radius 2 is 2.04 bits per heavy atom. The molecule has 1 atom stereocenters. The molecule has 0 saturated heterocycles. The number of benzene rings is 2. The van der Waals surface area contributed by atoms with Gasteiger partial charge >= 0.3 is 0 Å². The average Bonchev–Trinajstić information content (AvgIpc) is 2.57. The van der Waals surface area contributed by atoms with Crippen molar-refractivity contribution in [3.63, 3.8) is 0 Å². The highest BCUT2D eigenvalue weighted by Crippen LogP contribution is 2.24. The molecule has 0 fully saturated rings. The van der Waals surface area contributed by atoms with Gasteiger partial charge in [-0.3, -0.25) is 9.35 Å². The van der Waals surface area contributed by atoms with E-state index < -0.39 is 11.3 Å². The Kier molecular flexibility index (Phi) is 7.46. The van der Waals surface area contributed by atoms with Crippen LogP contribution in [0.5, 0.6) is 0 Å². The molecule has 1 amide bonds. The van der Waals surface area contributed by atoms with Crippen LogP contribution in [0.3, 0.4) is 0 Å². The number of carbonyl (C=O) groups is 1. The SMILES string of the molecule is CSc1ccccc1NC(=O)CN(Cc1cc(Cl)ccc1C)S(=O)O. The molecule has 2 aromatic rings. The fourth-order valence-electron chi connectivity index (χ4n) is 2.26. The van der Waals surface area contributed by atoms with Crippen molar-refractivity contribution in [3.05, 3.63) is 58.6 Å². The average molecular weight is 399 g/mol. The van der Waals surface area contributed by atoms with E-state index in [0.717, 1.165) is 16.0 Å². The number of anilines is 1. The van der Waals surface area contributed by atoms with Crippen molar-refractivity contribution >= 4 is 46.2 Å². The highest BCUT2D eigenvalue weighted by molar-refractivity contribution is 7.98. The number of nitrogens with zero attached hydrogens (tertiary/aromatic N) is 1. The number of thioether (sulfide) groups is 1. The Bertz CT molecular complexity index is 786. The molecule has 0 bridgehead atoms. The number of para-hydroxylation sites is 1. The third kappa shape index (κ3) is 5.83. The molecule has 0 aromatic heterocycles. The largest absolute Gasteiger partial charge is 0.324 e. The standard InChI is InChI=1S/C17H19ClN2O3S2/c1-12-7-8-14(18)9-13(12)10-20(25(22)23)11-17(21)19-15-5-3-4-6-16(15)24-2/h3-9H,10-11H2,1-2H3,(H,19,21)(H,22,23). The Morgan fingerprint density at radius 1 is 1.32 bits per heavy atom. The summed E-state index contributed by atoms with van der Waals surface area (Å²) in [4.78, 5) is 13.2. The molecular weight excluding hydrogens is 380 g/mol. The first-order valence-corrected chi connectivity index (χ1v) is 10.1. The van der Waals surface area contributed by atoms with Gasteiger partial charge in [-0.15, -0.1) is 11.8 Å². The fourth-order valence-corrected chi connectivity index (χ4v) is 3.49. The summed E-state index contributed by atoms with van der Waals surface area (Å²) in [5.41, 5.74) is 2.42. The molecule has 0 aliphatic heterocycles. The molecule has 0 aliphatic carbocycles. The van der Waals surface area contributed by atoms with E-state index in [-0.39, 0.29) is 19.0 Å². The lowest BCUT2D eigenvalue weighted by atomic mass is 10.1. The maximum absolute atomic E-state index is 12.3. The number of halogens is 1. The molecule has 0 spiro atoms. The number of hydrogen-bond donors (Lipinski definition) is 2. The predicted molar refractivity (Wildman–Crippen MR) is 104 cm³/mol. The summed E-state index contributed by atoms with van der Waals surface area (Å²) in [6, 6.07) is 12.7. The van der Waals surface area contributed by atoms with Crippen LogP contribution in [0.2, 0.25) is 5.02 Å². The Morgan fingerprint density at radius 3 is 2.72 bits per heavy atom. The van der Waals surface area contributed by atoms with Crippen LogP contribution in [0, 0.1) is 6.92 Å². The number of hydrogen-bond acceptors (Lipinski definition) is 3. The van der Waals surface area contributed by atoms with Crippen molar-refractivity contribution < 1.29 is 13.6 Å². The molecule has 5 nitrogen and oxygen atoms in total. The van der Waals surface area contributed by atoms with E-state index >= 15 is 0 Å². The summed E-state index contributed by atoms with van der Waals surface area (Å²) in [6.45, 7) is 1.82. The molecule has 134 valence electrons. The van der Waals surface area contributed by atoms with E-state index in [0.29, 0.717) is 10.7 Å². The third-order valence-electron chi connectivity index (χ3n) is 3.58. The quantitative estimate of drug-likeness (QED) is 0.547. The lowest BCUT2D eigenvalue weighted by molar-refractivity contribution is -0.116. The number of nitrogens with one attached hydrogen (secondary N) is 1. The van der Waals surface area contributed by atoms with Crippen LogP contribution in [0.1, 0.15) is 11.1 Å². The van der Waals surface area contributed by atoms with Crippen LogP contribution < -0.4 is 5.32 Å². The molecule has 0 heterocycles. The van der Waals surface area contributed by atoms with E-state index in [9.17, 15) is 13.6 Å². The van der Waals surface area contributed by atoms with E-state index in [1.807, 2.05) is 37.4 Å². The number of carbonyl (C=O) groups excluding carboxylic acids is 1. The molecule has 2 aromatic carbocycles. The Labute approximate surface area is 159 Å². The predicted octanol–water partition coefficient (Wildman–Crippen LogP) is 3.95. The second-order valence-corrected chi connectivity index (χ2v) is 7.61. The first kappa shape index (κ1) is 19.9. The smallest absolute Gasteiger partial charge is 0.239 e. The van der Waals surface area contributed by atoms with Crippen molar-refractivity contribution in [1.82, 2.24) is 4.31 Å². The fraction of sp³-hybridized carbons (Fsp3) is 0.235. The maximum atomic E-state index is 12.3. The van der Waals surface area contributed by atoms with E-state index in [1.54, 1.807) is 18.2 Å². The van der Waals surface area contributed by atoms with Crippen LogP contribution in [0.25, 0.3) is 0 Å². The molecule has 25 heavy (non-hydrogen) atoms. The van der Waals surface area contributed by atoms with Crippen molar-refractivity contribution in [2.24, 2.45) is 0 Å². The number of aryl methyl sites for hydroxylation is 1. The van der Waals surface area contributed by atoms with E-state index in [2.05, 4.69) is 5.32 Å². The summed E-state index contributed by atoms with van der Waals surface area (Å²) in [7, 11) is 0. The van der Waals surface area contributed by atoms with Gasteiger partial charge in [0.1, 0.15) is 0 Å². The van der Waals surface area contributed by atoms with Gasteiger partial charge in [-0.2, -0.15) is 4.31 Å². The minimum absolute atomic E-state index is 0.146. The summed E-state index contributed by atoms with van der Waals surface area (Å²) in [5.74, 6) is -0.358. The zero-order chi connectivity index (χ0) is 18.4. The lowest BCUT2D eigenvalue weighted by Crippen LogP contribution is -2.34.